The van der Waals surface area contributed by atoms with Crippen LogP contribution in [0.2, 0.25) is 0 Å². The number of rotatable bonds is 2. The fourth-order valence-electron chi connectivity index (χ4n) is 3.21. The molecular weight excluding hydrogens is 342 g/mol. The molecule has 1 fully saturated rings. The van der Waals surface area contributed by atoms with Gasteiger partial charge in [0.05, 0.1) is 0 Å². The van der Waals surface area contributed by atoms with Crippen LogP contribution in [0.4, 0.5) is 0 Å². The molecule has 0 saturated carbocycles. The third kappa shape index (κ3) is 2.87. The van der Waals surface area contributed by atoms with Crippen LogP contribution in [0.5, 0.6) is 5.75 Å². The normalized spacial score (nSPS) is 18.2. The summed E-state index contributed by atoms with van der Waals surface area (Å²) >= 11 is 5.49. The second-order valence-corrected chi connectivity index (χ2v) is 6.17. The van der Waals surface area contributed by atoms with E-state index in [1.165, 1.54) is 0 Å². The number of phenolic OH excluding ortho intramolecular Hbond substituents is 1. The minimum absolute atomic E-state index is 0.110. The lowest BCUT2D eigenvalue weighted by Gasteiger charge is -2.21. The molecule has 7 nitrogen and oxygen atoms in total. The van der Waals surface area contributed by atoms with E-state index in [0.29, 0.717) is 11.7 Å². The molecule has 3 N–H and O–H groups in total. The number of hydrogen-bond donors (Lipinski definition) is 2. The van der Waals surface area contributed by atoms with Gasteiger partial charge in [0.25, 0.3) is 0 Å². The number of benzene rings is 2. The number of phenols is 1. The van der Waals surface area contributed by atoms with Crippen LogP contribution in [0, 0.1) is 0 Å². The first-order valence-electron chi connectivity index (χ1n) is 7.93. The molecule has 128 valence electrons. The van der Waals surface area contributed by atoms with Crippen molar-refractivity contribution in [1.82, 2.24) is 15.0 Å². The number of aromatic nitrogens is 2. The minimum Gasteiger partial charge on any atom is -0.508 e. The number of fused-ring (bicyclic) bond motifs is 1. The van der Waals surface area contributed by atoms with Crippen molar-refractivity contribution in [2.45, 2.75) is 18.9 Å². The molecule has 1 saturated heterocycles. The van der Waals surface area contributed by atoms with E-state index in [0.717, 1.165) is 35.7 Å². The predicted octanol–water partition coefficient (Wildman–Crippen LogP) is 3.20. The van der Waals surface area contributed by atoms with Gasteiger partial charge in [0.1, 0.15) is 11.8 Å². The van der Waals surface area contributed by atoms with E-state index >= 15 is 0 Å². The van der Waals surface area contributed by atoms with Gasteiger partial charge in [-0.1, -0.05) is 23.4 Å². The van der Waals surface area contributed by atoms with Crippen LogP contribution >= 0.6 is 11.8 Å². The summed E-state index contributed by atoms with van der Waals surface area (Å²) in [5.41, 5.74) is 6.68. The van der Waals surface area contributed by atoms with Gasteiger partial charge in [-0.05, 0) is 41.8 Å². The molecule has 1 aromatic heterocycles. The Labute approximate surface area is 148 Å². The summed E-state index contributed by atoms with van der Waals surface area (Å²) in [5.74, 6) is 1.51. The second-order valence-electron chi connectivity index (χ2n) is 6.00. The Hall–Kier alpha value is -2.80. The third-order valence-corrected chi connectivity index (χ3v) is 4.62. The van der Waals surface area contributed by atoms with Crippen LogP contribution in [0.1, 0.15) is 24.8 Å². The molecular formula is C17H16ClN5O2. The first kappa shape index (κ1) is 15.7. The summed E-state index contributed by atoms with van der Waals surface area (Å²) in [5, 5.41) is 15.6. The SMILES string of the molecule is NC(=NCl)N1CCC[C@H]1c1nc(-c2ccc3cc(O)ccc3c2)no1. The summed E-state index contributed by atoms with van der Waals surface area (Å²) < 4.78 is 9.00. The van der Waals surface area contributed by atoms with E-state index in [1.807, 2.05) is 29.2 Å². The van der Waals surface area contributed by atoms with Crippen LogP contribution in [-0.4, -0.2) is 32.7 Å². The van der Waals surface area contributed by atoms with Crippen molar-refractivity contribution < 1.29 is 9.63 Å². The van der Waals surface area contributed by atoms with E-state index in [9.17, 15) is 5.11 Å². The van der Waals surface area contributed by atoms with Crippen molar-refractivity contribution in [2.75, 3.05) is 6.54 Å². The zero-order valence-electron chi connectivity index (χ0n) is 13.3. The highest BCUT2D eigenvalue weighted by molar-refractivity contribution is 6.19. The molecule has 0 spiro atoms. The minimum atomic E-state index is -0.110. The molecule has 4 rings (SSSR count). The highest BCUT2D eigenvalue weighted by Gasteiger charge is 2.32. The van der Waals surface area contributed by atoms with Gasteiger partial charge in [0.15, 0.2) is 0 Å². The van der Waals surface area contributed by atoms with Gasteiger partial charge in [-0.25, -0.2) is 0 Å². The smallest absolute Gasteiger partial charge is 0.249 e. The van der Waals surface area contributed by atoms with Crippen molar-refractivity contribution in [1.29, 1.82) is 0 Å². The molecule has 1 atom stereocenters. The number of hydrogen-bond acceptors (Lipinski definition) is 5. The molecule has 25 heavy (non-hydrogen) atoms. The molecule has 2 aromatic carbocycles. The third-order valence-electron chi connectivity index (χ3n) is 4.44. The Morgan fingerprint density at radius 3 is 2.92 bits per heavy atom. The molecule has 0 bridgehead atoms. The lowest BCUT2D eigenvalue weighted by molar-refractivity contribution is 0.284. The molecule has 0 amide bonds. The van der Waals surface area contributed by atoms with Crippen molar-refractivity contribution in [3.63, 3.8) is 0 Å². The van der Waals surface area contributed by atoms with Crippen LogP contribution < -0.4 is 5.73 Å². The zero-order valence-corrected chi connectivity index (χ0v) is 14.0. The van der Waals surface area contributed by atoms with E-state index in [2.05, 4.69) is 14.7 Å². The number of nitrogens with zero attached hydrogens (tertiary/aromatic N) is 4. The highest BCUT2D eigenvalue weighted by atomic mass is 35.5. The number of guanidine groups is 1. The highest BCUT2D eigenvalue weighted by Crippen LogP contribution is 2.32. The van der Waals surface area contributed by atoms with Crippen molar-refractivity contribution in [2.24, 2.45) is 10.2 Å². The Bertz CT molecular complexity index is 955. The summed E-state index contributed by atoms with van der Waals surface area (Å²) in [6.45, 7) is 0.754. The Morgan fingerprint density at radius 1 is 1.28 bits per heavy atom. The Morgan fingerprint density at radius 2 is 2.08 bits per heavy atom. The van der Waals surface area contributed by atoms with E-state index in [4.69, 9.17) is 22.0 Å². The standard InChI is InChI=1S/C17H16ClN5O2/c18-21-17(19)23-7-1-2-14(23)16-20-15(22-25-16)12-4-3-11-9-13(24)6-5-10(11)8-12/h3-6,8-9,14,24H,1-2,7H2,(H2,19,21)/t14-/m0/s1. The molecule has 0 aliphatic carbocycles. The Kier molecular flexibility index (Phi) is 3.93. The molecule has 8 heteroatoms. The molecule has 0 radical (unpaired) electrons. The van der Waals surface area contributed by atoms with Crippen LogP contribution in [-0.2, 0) is 0 Å². The molecule has 2 heterocycles. The topological polar surface area (TPSA) is 101 Å². The lowest BCUT2D eigenvalue weighted by Crippen LogP contribution is -2.36. The van der Waals surface area contributed by atoms with Gasteiger partial charge >= 0.3 is 0 Å². The van der Waals surface area contributed by atoms with Gasteiger partial charge < -0.3 is 20.3 Å². The average molecular weight is 358 g/mol. The maximum atomic E-state index is 9.56. The monoisotopic (exact) mass is 357 g/mol. The number of likely N-dealkylation sites (tertiary alicyclic amines) is 1. The van der Waals surface area contributed by atoms with Gasteiger partial charge in [-0.2, -0.15) is 4.98 Å². The van der Waals surface area contributed by atoms with E-state index < -0.39 is 0 Å². The zero-order chi connectivity index (χ0) is 17.4. The van der Waals surface area contributed by atoms with Crippen LogP contribution in [0.3, 0.4) is 0 Å². The van der Waals surface area contributed by atoms with Gasteiger partial charge in [-0.15, -0.1) is 4.51 Å². The number of halogens is 1. The quantitative estimate of drug-likeness (QED) is 0.539. The predicted molar refractivity (Wildman–Crippen MR) is 95.1 cm³/mol. The molecule has 0 unspecified atom stereocenters. The van der Waals surface area contributed by atoms with Crippen molar-refractivity contribution in [3.8, 4) is 17.1 Å². The van der Waals surface area contributed by atoms with E-state index in [1.54, 1.807) is 12.1 Å². The number of nitrogens with two attached hydrogens (primary N) is 1. The lowest BCUT2D eigenvalue weighted by atomic mass is 10.1. The summed E-state index contributed by atoms with van der Waals surface area (Å²) in [7, 11) is 0. The molecule has 3 aromatic rings. The summed E-state index contributed by atoms with van der Waals surface area (Å²) in [6.07, 6.45) is 1.81. The fourth-order valence-corrected chi connectivity index (χ4v) is 3.30. The summed E-state index contributed by atoms with van der Waals surface area (Å²) in [4.78, 5) is 6.40. The number of aromatic hydroxyl groups is 1. The van der Waals surface area contributed by atoms with E-state index in [-0.39, 0.29) is 17.8 Å². The fraction of sp³-hybridized carbons (Fsp3) is 0.235. The van der Waals surface area contributed by atoms with Crippen LogP contribution in [0.25, 0.3) is 22.2 Å². The van der Waals surface area contributed by atoms with Crippen molar-refractivity contribution in [3.05, 3.63) is 42.3 Å². The summed E-state index contributed by atoms with van der Waals surface area (Å²) in [6, 6.07) is 10.9. The first-order chi connectivity index (χ1) is 12.2. The van der Waals surface area contributed by atoms with Gasteiger partial charge in [0, 0.05) is 23.9 Å². The largest absolute Gasteiger partial charge is 0.508 e. The first-order valence-corrected chi connectivity index (χ1v) is 8.27. The average Bonchev–Trinajstić information content (AvgIpc) is 3.29. The van der Waals surface area contributed by atoms with Crippen LogP contribution in [0.15, 0.2) is 45.4 Å². The van der Waals surface area contributed by atoms with Gasteiger partial charge in [-0.3, -0.25) is 0 Å². The Balaban J connectivity index is 1.66. The second kappa shape index (κ2) is 6.25. The van der Waals surface area contributed by atoms with Crippen molar-refractivity contribution >= 4 is 28.5 Å². The van der Waals surface area contributed by atoms with Gasteiger partial charge in [0.2, 0.25) is 17.7 Å². The molecule has 1 aliphatic rings. The maximum Gasteiger partial charge on any atom is 0.249 e. The molecule has 1 aliphatic heterocycles. The maximum absolute atomic E-state index is 9.56.